The van der Waals surface area contributed by atoms with Crippen LogP contribution in [-0.4, -0.2) is 10.2 Å². The van der Waals surface area contributed by atoms with E-state index in [0.29, 0.717) is 0 Å². The summed E-state index contributed by atoms with van der Waals surface area (Å²) < 4.78 is 0. The molecule has 0 saturated carbocycles. The van der Waals surface area contributed by atoms with Crippen molar-refractivity contribution in [1.29, 1.82) is 0 Å². The van der Waals surface area contributed by atoms with Crippen LogP contribution in [0.15, 0.2) is 30.3 Å². The number of phenols is 2. The van der Waals surface area contributed by atoms with Crippen molar-refractivity contribution < 1.29 is 10.2 Å². The summed E-state index contributed by atoms with van der Waals surface area (Å²) >= 11 is 0. The summed E-state index contributed by atoms with van der Waals surface area (Å²) in [6, 6.07) is 9.69. The number of hydrogen-bond acceptors (Lipinski definition) is 2. The van der Waals surface area contributed by atoms with E-state index >= 15 is 0 Å². The third-order valence-electron chi connectivity index (χ3n) is 3.87. The van der Waals surface area contributed by atoms with Crippen LogP contribution in [0.25, 0.3) is 11.1 Å². The molecule has 106 valence electrons. The van der Waals surface area contributed by atoms with E-state index in [1.807, 2.05) is 26.0 Å². The van der Waals surface area contributed by atoms with E-state index in [-0.39, 0.29) is 11.5 Å². The van der Waals surface area contributed by atoms with Crippen molar-refractivity contribution in [2.45, 2.75) is 40.0 Å². The molecule has 0 spiro atoms. The highest BCUT2D eigenvalue weighted by Gasteiger charge is 2.18. The highest BCUT2D eigenvalue weighted by molar-refractivity contribution is 5.78. The van der Waals surface area contributed by atoms with E-state index < -0.39 is 0 Å². The largest absolute Gasteiger partial charge is 0.508 e. The maximum absolute atomic E-state index is 10.2. The van der Waals surface area contributed by atoms with Crippen LogP contribution in [0.4, 0.5) is 0 Å². The summed E-state index contributed by atoms with van der Waals surface area (Å²) in [5.74, 6) is 0.367. The number of hydrogen-bond donors (Lipinski definition) is 2. The first-order chi connectivity index (χ1) is 9.63. The van der Waals surface area contributed by atoms with Gasteiger partial charge in [0.15, 0.2) is 0 Å². The van der Waals surface area contributed by atoms with Gasteiger partial charge in [-0.3, -0.25) is 0 Å². The highest BCUT2D eigenvalue weighted by atomic mass is 16.3. The van der Waals surface area contributed by atoms with Gasteiger partial charge in [0.2, 0.25) is 0 Å². The third-order valence-corrected chi connectivity index (χ3v) is 3.87. The monoisotopic (exact) mass is 270 g/mol. The summed E-state index contributed by atoms with van der Waals surface area (Å²) in [6.45, 7) is 6.19. The van der Waals surface area contributed by atoms with Crippen LogP contribution in [0.2, 0.25) is 0 Å². The Morgan fingerprint density at radius 2 is 1.35 bits per heavy atom. The van der Waals surface area contributed by atoms with E-state index in [2.05, 4.69) is 19.1 Å². The van der Waals surface area contributed by atoms with Gasteiger partial charge < -0.3 is 10.2 Å². The maximum Gasteiger partial charge on any atom is 0.123 e. The molecule has 0 aliphatic carbocycles. The Bertz CT molecular complexity index is 587. The Balaban J connectivity index is 2.83. The molecule has 0 aliphatic heterocycles. The van der Waals surface area contributed by atoms with Gasteiger partial charge in [0, 0.05) is 17.2 Å². The van der Waals surface area contributed by atoms with Gasteiger partial charge in [-0.2, -0.15) is 0 Å². The van der Waals surface area contributed by atoms with Crippen LogP contribution >= 0.6 is 0 Å². The summed E-state index contributed by atoms with van der Waals surface area (Å²) in [5.41, 5.74) is 5.20. The molecule has 0 atom stereocenters. The SMILES string of the molecule is CCc1ccccc1-c1c(CC)c(O)cc(O)c1CC. The molecular formula is C18H22O2. The second-order valence-electron chi connectivity index (χ2n) is 4.96. The second-order valence-corrected chi connectivity index (χ2v) is 4.96. The van der Waals surface area contributed by atoms with Crippen LogP contribution in [0.1, 0.15) is 37.5 Å². The van der Waals surface area contributed by atoms with Crippen molar-refractivity contribution >= 4 is 0 Å². The minimum atomic E-state index is 0.183. The number of aryl methyl sites for hydroxylation is 1. The number of benzene rings is 2. The molecular weight excluding hydrogens is 248 g/mol. The predicted octanol–water partition coefficient (Wildman–Crippen LogP) is 4.45. The van der Waals surface area contributed by atoms with Gasteiger partial charge in [0.05, 0.1) is 0 Å². The van der Waals surface area contributed by atoms with Crippen LogP contribution in [0.5, 0.6) is 11.5 Å². The first-order valence-electron chi connectivity index (χ1n) is 7.28. The Morgan fingerprint density at radius 1 is 0.800 bits per heavy atom. The molecule has 2 nitrogen and oxygen atoms in total. The van der Waals surface area contributed by atoms with Crippen LogP contribution < -0.4 is 0 Å². The fourth-order valence-corrected chi connectivity index (χ4v) is 2.86. The predicted molar refractivity (Wildman–Crippen MR) is 83.3 cm³/mol. The molecule has 2 heteroatoms. The van der Waals surface area contributed by atoms with Crippen LogP contribution in [0, 0.1) is 0 Å². The van der Waals surface area contributed by atoms with Gasteiger partial charge in [-0.1, -0.05) is 45.0 Å². The molecule has 0 aromatic heterocycles. The third kappa shape index (κ3) is 2.38. The molecule has 0 radical (unpaired) electrons. The van der Waals surface area contributed by atoms with Gasteiger partial charge in [-0.05, 0) is 36.0 Å². The fourth-order valence-electron chi connectivity index (χ4n) is 2.86. The van der Waals surface area contributed by atoms with Gasteiger partial charge in [-0.15, -0.1) is 0 Å². The van der Waals surface area contributed by atoms with Gasteiger partial charge in [-0.25, -0.2) is 0 Å². The van der Waals surface area contributed by atoms with Gasteiger partial charge >= 0.3 is 0 Å². The van der Waals surface area contributed by atoms with Crippen molar-refractivity contribution in [1.82, 2.24) is 0 Å². The van der Waals surface area contributed by atoms with Gasteiger partial charge in [0.1, 0.15) is 11.5 Å². The molecule has 0 fully saturated rings. The first-order valence-corrected chi connectivity index (χ1v) is 7.28. The molecule has 0 aliphatic rings. The molecule has 0 heterocycles. The summed E-state index contributed by atoms with van der Waals surface area (Å²) in [4.78, 5) is 0. The van der Waals surface area contributed by atoms with Crippen molar-refractivity contribution in [3.05, 3.63) is 47.0 Å². The highest BCUT2D eigenvalue weighted by Crippen LogP contribution is 2.40. The molecule has 0 amide bonds. The Labute approximate surface area is 120 Å². The maximum atomic E-state index is 10.2. The molecule has 0 saturated heterocycles. The molecule has 0 bridgehead atoms. The van der Waals surface area contributed by atoms with E-state index in [0.717, 1.165) is 41.5 Å². The fraction of sp³-hybridized carbons (Fsp3) is 0.333. The van der Waals surface area contributed by atoms with Crippen LogP contribution in [-0.2, 0) is 19.3 Å². The average molecular weight is 270 g/mol. The van der Waals surface area contributed by atoms with Crippen molar-refractivity contribution in [2.24, 2.45) is 0 Å². The van der Waals surface area contributed by atoms with E-state index in [9.17, 15) is 10.2 Å². The van der Waals surface area contributed by atoms with Crippen molar-refractivity contribution in [2.75, 3.05) is 0 Å². The zero-order valence-corrected chi connectivity index (χ0v) is 12.4. The molecule has 0 unspecified atom stereocenters. The first kappa shape index (κ1) is 14.4. The smallest absolute Gasteiger partial charge is 0.123 e. The number of rotatable bonds is 4. The molecule has 2 aromatic carbocycles. The lowest BCUT2D eigenvalue weighted by atomic mass is 9.87. The lowest BCUT2D eigenvalue weighted by Gasteiger charge is -2.19. The van der Waals surface area contributed by atoms with E-state index in [1.165, 1.54) is 11.6 Å². The molecule has 2 rings (SSSR count). The number of phenolic OH excluding ortho intramolecular Hbond substituents is 2. The molecule has 2 aromatic rings. The Hall–Kier alpha value is -1.96. The normalized spacial score (nSPS) is 10.8. The topological polar surface area (TPSA) is 40.5 Å². The van der Waals surface area contributed by atoms with Crippen molar-refractivity contribution in [3.8, 4) is 22.6 Å². The van der Waals surface area contributed by atoms with E-state index in [1.54, 1.807) is 0 Å². The lowest BCUT2D eigenvalue weighted by molar-refractivity contribution is 0.443. The standard InChI is InChI=1S/C18H22O2/c1-4-12-9-7-8-10-15(12)18-13(5-2)16(19)11-17(20)14(18)6-3/h7-11,19-20H,4-6H2,1-3H3. The minimum Gasteiger partial charge on any atom is -0.508 e. The Kier molecular flexibility index (Phi) is 4.33. The second kappa shape index (κ2) is 6.00. The average Bonchev–Trinajstić information content (AvgIpc) is 2.46. The molecule has 20 heavy (non-hydrogen) atoms. The minimum absolute atomic E-state index is 0.183. The van der Waals surface area contributed by atoms with Gasteiger partial charge in [0.25, 0.3) is 0 Å². The summed E-state index contributed by atoms with van der Waals surface area (Å²) in [5, 5.41) is 20.3. The quantitative estimate of drug-likeness (QED) is 0.861. The Morgan fingerprint density at radius 3 is 1.85 bits per heavy atom. The summed E-state index contributed by atoms with van der Waals surface area (Å²) in [7, 11) is 0. The zero-order valence-electron chi connectivity index (χ0n) is 12.4. The lowest BCUT2D eigenvalue weighted by Crippen LogP contribution is -1.98. The van der Waals surface area contributed by atoms with Crippen molar-refractivity contribution in [3.63, 3.8) is 0 Å². The zero-order chi connectivity index (χ0) is 14.7. The molecule has 2 N–H and O–H groups in total. The summed E-state index contributed by atoms with van der Waals surface area (Å²) in [6.07, 6.45) is 2.41. The number of aromatic hydroxyl groups is 2. The van der Waals surface area contributed by atoms with E-state index in [4.69, 9.17) is 0 Å². The van der Waals surface area contributed by atoms with Crippen LogP contribution in [0.3, 0.4) is 0 Å².